The molecule has 0 saturated carbocycles. The summed E-state index contributed by atoms with van der Waals surface area (Å²) in [4.78, 5) is 41.9. The highest BCUT2D eigenvalue weighted by Gasteiger charge is 2.52. The molecule has 1 aromatic rings. The molecule has 162 valence electrons. The predicted octanol–water partition coefficient (Wildman–Crippen LogP) is 2.13. The number of nitrogens with zero attached hydrogens (tertiary/aromatic N) is 3. The monoisotopic (exact) mass is 423 g/mol. The summed E-state index contributed by atoms with van der Waals surface area (Å²) in [6.07, 6.45) is -2.49. The zero-order chi connectivity index (χ0) is 21.5. The predicted molar refractivity (Wildman–Crippen MR) is 101 cm³/mol. The van der Waals surface area contributed by atoms with Crippen LogP contribution in [0.15, 0.2) is 24.3 Å². The highest BCUT2D eigenvalue weighted by Crippen LogP contribution is 2.36. The Kier molecular flexibility index (Phi) is 5.57. The minimum atomic E-state index is -4.44. The van der Waals surface area contributed by atoms with E-state index in [1.165, 1.54) is 17.0 Å². The molecule has 2 atom stereocenters. The van der Waals surface area contributed by atoms with Crippen molar-refractivity contribution in [3.8, 4) is 0 Å². The second-order valence-electron chi connectivity index (χ2n) is 8.23. The van der Waals surface area contributed by atoms with Crippen molar-refractivity contribution in [2.75, 3.05) is 32.7 Å². The SMILES string of the molecule is O=C1CCCN1CCCN1C(=O)[C@H]2CN(Cc3ccccc3C(F)(F)F)C[C@H]2C1=O. The van der Waals surface area contributed by atoms with Crippen LogP contribution < -0.4 is 0 Å². The van der Waals surface area contributed by atoms with Crippen molar-refractivity contribution in [1.82, 2.24) is 14.7 Å². The molecule has 4 rings (SSSR count). The average Bonchev–Trinajstić information content (AvgIpc) is 3.35. The number of fused-ring (bicyclic) bond motifs is 1. The molecule has 6 nitrogen and oxygen atoms in total. The topological polar surface area (TPSA) is 60.9 Å². The van der Waals surface area contributed by atoms with Gasteiger partial charge in [0.25, 0.3) is 0 Å². The molecule has 3 heterocycles. The first-order valence-corrected chi connectivity index (χ1v) is 10.3. The third-order valence-corrected chi connectivity index (χ3v) is 6.26. The summed E-state index contributed by atoms with van der Waals surface area (Å²) in [5.41, 5.74) is -0.533. The second-order valence-corrected chi connectivity index (χ2v) is 8.23. The molecule has 3 aliphatic rings. The van der Waals surface area contributed by atoms with Crippen LogP contribution in [0.3, 0.4) is 0 Å². The van der Waals surface area contributed by atoms with Gasteiger partial charge in [-0.2, -0.15) is 13.2 Å². The highest BCUT2D eigenvalue weighted by molar-refractivity contribution is 6.05. The fourth-order valence-corrected chi connectivity index (χ4v) is 4.78. The van der Waals surface area contributed by atoms with Gasteiger partial charge in [-0.3, -0.25) is 24.2 Å². The molecule has 3 saturated heterocycles. The molecule has 3 amide bonds. The van der Waals surface area contributed by atoms with Crippen LogP contribution in [0.2, 0.25) is 0 Å². The van der Waals surface area contributed by atoms with Crippen molar-refractivity contribution in [1.29, 1.82) is 0 Å². The van der Waals surface area contributed by atoms with Gasteiger partial charge in [-0.25, -0.2) is 0 Å². The zero-order valence-corrected chi connectivity index (χ0v) is 16.5. The van der Waals surface area contributed by atoms with Crippen molar-refractivity contribution in [3.05, 3.63) is 35.4 Å². The summed E-state index contributed by atoms with van der Waals surface area (Å²) in [6.45, 7) is 2.16. The number of rotatable bonds is 6. The number of likely N-dealkylation sites (tertiary alicyclic amines) is 3. The number of carbonyl (C=O) groups excluding carboxylic acids is 3. The lowest BCUT2D eigenvalue weighted by Crippen LogP contribution is -2.38. The van der Waals surface area contributed by atoms with Crippen LogP contribution in [0.25, 0.3) is 0 Å². The molecular weight excluding hydrogens is 399 g/mol. The minimum Gasteiger partial charge on any atom is -0.343 e. The third kappa shape index (κ3) is 3.95. The van der Waals surface area contributed by atoms with Crippen LogP contribution in [0.5, 0.6) is 0 Å². The fourth-order valence-electron chi connectivity index (χ4n) is 4.78. The maximum absolute atomic E-state index is 13.2. The van der Waals surface area contributed by atoms with E-state index < -0.39 is 23.6 Å². The molecule has 0 spiro atoms. The number of halogens is 3. The molecule has 0 aliphatic carbocycles. The first kappa shape index (κ1) is 20.8. The van der Waals surface area contributed by atoms with Crippen LogP contribution in [0.1, 0.15) is 30.4 Å². The van der Waals surface area contributed by atoms with Crippen molar-refractivity contribution in [2.24, 2.45) is 11.8 Å². The molecule has 0 radical (unpaired) electrons. The molecule has 0 unspecified atom stereocenters. The van der Waals surface area contributed by atoms with Crippen molar-refractivity contribution >= 4 is 17.7 Å². The van der Waals surface area contributed by atoms with Crippen LogP contribution in [0.4, 0.5) is 13.2 Å². The summed E-state index contributed by atoms with van der Waals surface area (Å²) in [7, 11) is 0. The van der Waals surface area contributed by atoms with Crippen molar-refractivity contribution in [3.63, 3.8) is 0 Å². The summed E-state index contributed by atoms with van der Waals surface area (Å²) < 4.78 is 39.7. The van der Waals surface area contributed by atoms with E-state index in [9.17, 15) is 27.6 Å². The molecule has 30 heavy (non-hydrogen) atoms. The van der Waals surface area contributed by atoms with Gasteiger partial charge in [0.15, 0.2) is 0 Å². The summed E-state index contributed by atoms with van der Waals surface area (Å²) in [5, 5.41) is 0. The normalized spacial score (nSPS) is 25.0. The number of hydrogen-bond acceptors (Lipinski definition) is 4. The maximum atomic E-state index is 13.2. The van der Waals surface area contributed by atoms with Crippen LogP contribution in [-0.4, -0.2) is 65.1 Å². The van der Waals surface area contributed by atoms with E-state index in [0.717, 1.165) is 19.0 Å². The van der Waals surface area contributed by atoms with E-state index in [4.69, 9.17) is 0 Å². The Hall–Kier alpha value is -2.42. The van der Waals surface area contributed by atoms with Gasteiger partial charge < -0.3 is 4.90 Å². The molecule has 1 aromatic carbocycles. The van der Waals surface area contributed by atoms with E-state index >= 15 is 0 Å². The Morgan fingerprint density at radius 3 is 2.23 bits per heavy atom. The first-order chi connectivity index (χ1) is 14.3. The molecule has 9 heteroatoms. The maximum Gasteiger partial charge on any atom is 0.416 e. The van der Waals surface area contributed by atoms with Crippen molar-refractivity contribution in [2.45, 2.75) is 32.0 Å². The second kappa shape index (κ2) is 8.02. The summed E-state index contributed by atoms with van der Waals surface area (Å²) >= 11 is 0. The molecule has 0 bridgehead atoms. The standard InChI is InChI=1S/C21H24F3N3O3/c22-21(23,24)17-6-2-1-5-14(17)11-25-12-15-16(13-25)20(30)27(19(15)29)10-4-9-26-8-3-7-18(26)28/h1-2,5-6,15-16H,3-4,7-13H2/t15-,16+. The molecule has 0 aromatic heterocycles. The van der Waals surface area contributed by atoms with Crippen LogP contribution in [0, 0.1) is 11.8 Å². The Bertz CT molecular complexity index is 833. The van der Waals surface area contributed by atoms with E-state index in [2.05, 4.69) is 0 Å². The Balaban J connectivity index is 1.34. The quantitative estimate of drug-likeness (QED) is 0.658. The van der Waals surface area contributed by atoms with Gasteiger partial charge in [-0.15, -0.1) is 0 Å². The van der Waals surface area contributed by atoms with Gasteiger partial charge in [0.05, 0.1) is 17.4 Å². The zero-order valence-electron chi connectivity index (χ0n) is 16.5. The Morgan fingerprint density at radius 2 is 1.63 bits per heavy atom. The number of alkyl halides is 3. The number of hydrogen-bond donors (Lipinski definition) is 0. The lowest BCUT2D eigenvalue weighted by Gasteiger charge is -2.23. The van der Waals surface area contributed by atoms with Gasteiger partial charge in [-0.05, 0) is 24.5 Å². The summed E-state index contributed by atoms with van der Waals surface area (Å²) in [6, 6.07) is 5.40. The number of imide groups is 1. The first-order valence-electron chi connectivity index (χ1n) is 10.3. The van der Waals surface area contributed by atoms with Gasteiger partial charge >= 0.3 is 6.18 Å². The van der Waals surface area contributed by atoms with E-state index in [-0.39, 0.29) is 49.5 Å². The molecular formula is C21H24F3N3O3. The number of benzene rings is 1. The van der Waals surface area contributed by atoms with Crippen LogP contribution in [-0.2, 0) is 27.1 Å². The van der Waals surface area contributed by atoms with Gasteiger partial charge in [0.1, 0.15) is 0 Å². The van der Waals surface area contributed by atoms with Gasteiger partial charge in [0, 0.05) is 45.7 Å². The van der Waals surface area contributed by atoms with E-state index in [1.807, 2.05) is 0 Å². The van der Waals surface area contributed by atoms with E-state index in [1.54, 1.807) is 15.9 Å². The third-order valence-electron chi connectivity index (χ3n) is 6.26. The molecule has 3 fully saturated rings. The smallest absolute Gasteiger partial charge is 0.343 e. The largest absolute Gasteiger partial charge is 0.416 e. The molecule has 0 N–H and O–H groups in total. The number of carbonyl (C=O) groups is 3. The highest BCUT2D eigenvalue weighted by atomic mass is 19.4. The van der Waals surface area contributed by atoms with Gasteiger partial charge in [-0.1, -0.05) is 18.2 Å². The Morgan fingerprint density at radius 1 is 0.967 bits per heavy atom. The summed E-state index contributed by atoms with van der Waals surface area (Å²) in [5.74, 6) is -1.37. The lowest BCUT2D eigenvalue weighted by molar-refractivity contribution is -0.141. The molecule has 3 aliphatic heterocycles. The van der Waals surface area contributed by atoms with Crippen LogP contribution >= 0.6 is 0 Å². The fraction of sp³-hybridized carbons (Fsp3) is 0.571. The lowest BCUT2D eigenvalue weighted by atomic mass is 10.00. The minimum absolute atomic E-state index is 0.0559. The number of amides is 3. The average molecular weight is 423 g/mol. The van der Waals surface area contributed by atoms with Gasteiger partial charge in [0.2, 0.25) is 17.7 Å². The Labute approximate surface area is 172 Å². The van der Waals surface area contributed by atoms with E-state index in [0.29, 0.717) is 19.4 Å². The van der Waals surface area contributed by atoms with Crippen molar-refractivity contribution < 1.29 is 27.6 Å².